The van der Waals surface area contributed by atoms with Gasteiger partial charge in [-0.25, -0.2) is 0 Å². The first kappa shape index (κ1) is 11.0. The number of hydrogen-bond acceptors (Lipinski definition) is 3. The molecule has 2 aromatic rings. The van der Waals surface area contributed by atoms with Crippen LogP contribution in [0.4, 0.5) is 0 Å². The number of phenolic OH excluding ortho intramolecular Hbond substituents is 1. The SMILES string of the molecule is Cc1cccc(O)c1Cc1ccc2c(c1)OCO2. The molecule has 3 heteroatoms. The topological polar surface area (TPSA) is 38.7 Å². The highest BCUT2D eigenvalue weighted by Gasteiger charge is 2.14. The zero-order chi connectivity index (χ0) is 12.5. The van der Waals surface area contributed by atoms with Crippen molar-refractivity contribution >= 4 is 0 Å². The van der Waals surface area contributed by atoms with Crippen LogP contribution >= 0.6 is 0 Å². The third-order valence-electron chi connectivity index (χ3n) is 3.20. The van der Waals surface area contributed by atoms with Gasteiger partial charge in [0.1, 0.15) is 5.75 Å². The molecule has 0 saturated carbocycles. The second-order valence-corrected chi connectivity index (χ2v) is 4.44. The van der Waals surface area contributed by atoms with Crippen molar-refractivity contribution in [2.45, 2.75) is 13.3 Å². The zero-order valence-electron chi connectivity index (χ0n) is 10.1. The molecular weight excluding hydrogens is 228 g/mol. The molecule has 0 bridgehead atoms. The maximum atomic E-state index is 9.89. The van der Waals surface area contributed by atoms with Crippen molar-refractivity contribution in [1.29, 1.82) is 0 Å². The zero-order valence-corrected chi connectivity index (χ0v) is 10.1. The minimum Gasteiger partial charge on any atom is -0.508 e. The van der Waals surface area contributed by atoms with E-state index >= 15 is 0 Å². The van der Waals surface area contributed by atoms with Gasteiger partial charge in [0.05, 0.1) is 0 Å². The Kier molecular flexibility index (Phi) is 2.59. The molecule has 0 amide bonds. The van der Waals surface area contributed by atoms with E-state index < -0.39 is 0 Å². The number of phenols is 1. The molecule has 1 aliphatic rings. The minimum absolute atomic E-state index is 0.286. The Bertz CT molecular complexity index is 570. The molecule has 2 aromatic carbocycles. The van der Waals surface area contributed by atoms with E-state index in [4.69, 9.17) is 9.47 Å². The van der Waals surface area contributed by atoms with Gasteiger partial charge in [0, 0.05) is 12.0 Å². The van der Waals surface area contributed by atoms with Crippen LogP contribution in [0.15, 0.2) is 36.4 Å². The first-order valence-corrected chi connectivity index (χ1v) is 5.90. The van der Waals surface area contributed by atoms with Crippen molar-refractivity contribution in [2.24, 2.45) is 0 Å². The predicted molar refractivity (Wildman–Crippen MR) is 68.2 cm³/mol. The van der Waals surface area contributed by atoms with E-state index in [1.165, 1.54) is 0 Å². The van der Waals surface area contributed by atoms with E-state index in [1.54, 1.807) is 6.07 Å². The predicted octanol–water partition coefficient (Wildman–Crippen LogP) is 3.02. The molecule has 18 heavy (non-hydrogen) atoms. The summed E-state index contributed by atoms with van der Waals surface area (Å²) in [6.45, 7) is 2.29. The number of ether oxygens (including phenoxy) is 2. The Hall–Kier alpha value is -2.16. The van der Waals surface area contributed by atoms with Gasteiger partial charge in [-0.1, -0.05) is 18.2 Å². The van der Waals surface area contributed by atoms with E-state index in [-0.39, 0.29) is 6.79 Å². The number of fused-ring (bicyclic) bond motifs is 1. The lowest BCUT2D eigenvalue weighted by molar-refractivity contribution is 0.174. The minimum atomic E-state index is 0.286. The first-order valence-electron chi connectivity index (χ1n) is 5.90. The Morgan fingerprint density at radius 3 is 2.78 bits per heavy atom. The van der Waals surface area contributed by atoms with Crippen LogP contribution < -0.4 is 9.47 Å². The van der Waals surface area contributed by atoms with Crippen molar-refractivity contribution in [3.8, 4) is 17.2 Å². The average Bonchev–Trinajstić information content (AvgIpc) is 2.81. The summed E-state index contributed by atoms with van der Waals surface area (Å²) < 4.78 is 10.6. The lowest BCUT2D eigenvalue weighted by atomic mass is 9.99. The molecule has 0 aliphatic carbocycles. The van der Waals surface area contributed by atoms with Crippen LogP contribution in [0.5, 0.6) is 17.2 Å². The molecule has 0 radical (unpaired) electrons. The number of aromatic hydroxyl groups is 1. The fourth-order valence-electron chi connectivity index (χ4n) is 2.17. The Balaban J connectivity index is 1.93. The number of hydrogen-bond donors (Lipinski definition) is 1. The molecule has 0 saturated heterocycles. The van der Waals surface area contributed by atoms with Crippen molar-refractivity contribution in [3.63, 3.8) is 0 Å². The van der Waals surface area contributed by atoms with E-state index in [9.17, 15) is 5.11 Å². The average molecular weight is 242 g/mol. The van der Waals surface area contributed by atoms with Gasteiger partial charge in [-0.15, -0.1) is 0 Å². The van der Waals surface area contributed by atoms with Gasteiger partial charge in [-0.05, 0) is 36.2 Å². The molecule has 0 atom stereocenters. The normalized spacial score (nSPS) is 12.7. The standard InChI is InChI=1S/C15H14O3/c1-10-3-2-4-13(16)12(10)7-11-5-6-14-15(8-11)18-9-17-14/h2-6,8,16H,7,9H2,1H3. The fourth-order valence-corrected chi connectivity index (χ4v) is 2.17. The largest absolute Gasteiger partial charge is 0.508 e. The van der Waals surface area contributed by atoms with E-state index in [0.29, 0.717) is 12.2 Å². The summed E-state index contributed by atoms with van der Waals surface area (Å²) in [4.78, 5) is 0. The molecule has 0 aromatic heterocycles. The summed E-state index contributed by atoms with van der Waals surface area (Å²) in [5.41, 5.74) is 3.15. The molecular formula is C15H14O3. The number of benzene rings is 2. The van der Waals surface area contributed by atoms with Crippen LogP contribution in [0.2, 0.25) is 0 Å². The van der Waals surface area contributed by atoms with Gasteiger partial charge in [0.2, 0.25) is 6.79 Å². The second kappa shape index (κ2) is 4.26. The molecule has 0 spiro atoms. The monoisotopic (exact) mass is 242 g/mol. The highest BCUT2D eigenvalue weighted by Crippen LogP contribution is 2.34. The van der Waals surface area contributed by atoms with Gasteiger partial charge >= 0.3 is 0 Å². The highest BCUT2D eigenvalue weighted by atomic mass is 16.7. The van der Waals surface area contributed by atoms with Crippen LogP contribution in [0.25, 0.3) is 0 Å². The summed E-state index contributed by atoms with van der Waals surface area (Å²) in [5.74, 6) is 1.90. The summed E-state index contributed by atoms with van der Waals surface area (Å²) in [5, 5.41) is 9.89. The molecule has 3 rings (SSSR count). The van der Waals surface area contributed by atoms with Gasteiger partial charge < -0.3 is 14.6 Å². The molecule has 0 fully saturated rings. The summed E-state index contributed by atoms with van der Waals surface area (Å²) in [7, 11) is 0. The van der Waals surface area contributed by atoms with Crippen molar-refractivity contribution in [2.75, 3.05) is 6.79 Å². The summed E-state index contributed by atoms with van der Waals surface area (Å²) in [6, 6.07) is 11.5. The Morgan fingerprint density at radius 1 is 1.11 bits per heavy atom. The quantitative estimate of drug-likeness (QED) is 0.879. The van der Waals surface area contributed by atoms with Gasteiger partial charge in [-0.3, -0.25) is 0 Å². The van der Waals surface area contributed by atoms with Crippen LogP contribution in [0.3, 0.4) is 0 Å². The van der Waals surface area contributed by atoms with Gasteiger partial charge in [-0.2, -0.15) is 0 Å². The third kappa shape index (κ3) is 1.88. The molecule has 1 N–H and O–H groups in total. The van der Waals surface area contributed by atoms with Crippen molar-refractivity contribution in [3.05, 3.63) is 53.1 Å². The molecule has 3 nitrogen and oxygen atoms in total. The molecule has 1 heterocycles. The summed E-state index contributed by atoms with van der Waals surface area (Å²) >= 11 is 0. The van der Waals surface area contributed by atoms with Crippen LogP contribution in [0, 0.1) is 6.92 Å². The van der Waals surface area contributed by atoms with Crippen LogP contribution in [-0.4, -0.2) is 11.9 Å². The third-order valence-corrected chi connectivity index (χ3v) is 3.20. The molecule has 0 unspecified atom stereocenters. The summed E-state index contributed by atoms with van der Waals surface area (Å²) in [6.07, 6.45) is 0.690. The van der Waals surface area contributed by atoms with E-state index in [0.717, 1.165) is 28.2 Å². The number of aryl methyl sites for hydroxylation is 1. The van der Waals surface area contributed by atoms with Crippen molar-refractivity contribution < 1.29 is 14.6 Å². The van der Waals surface area contributed by atoms with Crippen molar-refractivity contribution in [1.82, 2.24) is 0 Å². The van der Waals surface area contributed by atoms with E-state index in [2.05, 4.69) is 0 Å². The maximum absolute atomic E-state index is 9.89. The maximum Gasteiger partial charge on any atom is 0.231 e. The van der Waals surface area contributed by atoms with E-state index in [1.807, 2.05) is 37.3 Å². The molecule has 1 aliphatic heterocycles. The first-order chi connectivity index (χ1) is 8.74. The highest BCUT2D eigenvalue weighted by molar-refractivity contribution is 5.48. The Labute approximate surface area is 106 Å². The Morgan fingerprint density at radius 2 is 1.94 bits per heavy atom. The second-order valence-electron chi connectivity index (χ2n) is 4.44. The number of rotatable bonds is 2. The van der Waals surface area contributed by atoms with Crippen LogP contribution in [-0.2, 0) is 6.42 Å². The lowest BCUT2D eigenvalue weighted by Gasteiger charge is -2.08. The lowest BCUT2D eigenvalue weighted by Crippen LogP contribution is -1.93. The smallest absolute Gasteiger partial charge is 0.231 e. The van der Waals surface area contributed by atoms with Gasteiger partial charge in [0.25, 0.3) is 0 Å². The fraction of sp³-hybridized carbons (Fsp3) is 0.200. The van der Waals surface area contributed by atoms with Gasteiger partial charge in [0.15, 0.2) is 11.5 Å². The molecule has 92 valence electrons. The van der Waals surface area contributed by atoms with Crippen LogP contribution in [0.1, 0.15) is 16.7 Å².